The number of fused-ring (bicyclic) bond motifs is 3. The number of carbonyl (C=O) groups excluding carboxylic acids is 2. The van der Waals surface area contributed by atoms with Gasteiger partial charge in [-0.25, -0.2) is 27.3 Å². The van der Waals surface area contributed by atoms with E-state index in [9.17, 15) is 28.0 Å². The molecule has 2 amide bonds. The molecule has 210 valence electrons. The maximum Gasteiger partial charge on any atom is 0.347 e. The predicted molar refractivity (Wildman–Crippen MR) is 139 cm³/mol. The van der Waals surface area contributed by atoms with E-state index in [2.05, 4.69) is 10.1 Å². The van der Waals surface area contributed by atoms with Gasteiger partial charge in [0.15, 0.2) is 5.75 Å². The number of anilines is 1. The van der Waals surface area contributed by atoms with E-state index >= 15 is 4.39 Å². The van der Waals surface area contributed by atoms with Crippen LogP contribution in [0.2, 0.25) is 5.02 Å². The number of ether oxygens (including phenoxy) is 1. The zero-order valence-electron chi connectivity index (χ0n) is 20.6. The Labute approximate surface area is 237 Å². The topological polar surface area (TPSA) is 130 Å². The first-order valence-corrected chi connectivity index (χ1v) is 13.2. The van der Waals surface area contributed by atoms with E-state index in [1.165, 1.54) is 15.9 Å². The molecule has 1 fully saturated rings. The van der Waals surface area contributed by atoms with Crippen LogP contribution in [0.3, 0.4) is 0 Å². The van der Waals surface area contributed by atoms with Gasteiger partial charge in [0.05, 0.1) is 40.2 Å². The van der Waals surface area contributed by atoms with Crippen LogP contribution in [0.1, 0.15) is 34.6 Å². The van der Waals surface area contributed by atoms with Gasteiger partial charge >= 0.3 is 6.03 Å². The van der Waals surface area contributed by atoms with Crippen molar-refractivity contribution in [2.75, 3.05) is 25.6 Å². The maximum atomic E-state index is 15.8. The Balaban J connectivity index is 1.38. The van der Waals surface area contributed by atoms with E-state index in [1.54, 1.807) is 0 Å². The first-order valence-electron chi connectivity index (χ1n) is 12.0. The molecule has 2 aliphatic heterocycles. The number of rotatable bonds is 2. The average molecular weight is 606 g/mol. The minimum atomic E-state index is -2.96. The molecule has 1 atom stereocenters. The number of benzene rings is 2. The highest BCUT2D eigenvalue weighted by molar-refractivity contribution is 7.23. The number of nitriles is 1. The quantitative estimate of drug-likeness (QED) is 0.318. The summed E-state index contributed by atoms with van der Waals surface area (Å²) in [6, 6.07) is 3.94. The first-order chi connectivity index (χ1) is 19.6. The number of halogens is 5. The van der Waals surface area contributed by atoms with Crippen molar-refractivity contribution >= 4 is 50.0 Å². The molecule has 4 heterocycles. The Morgan fingerprint density at radius 2 is 2.05 bits per heavy atom. The number of nitrogens with zero attached hydrogens (tertiary/aromatic N) is 6. The molecular formula is C25H16ClF4N7O3S. The van der Waals surface area contributed by atoms with Crippen LogP contribution in [-0.4, -0.2) is 62.4 Å². The number of hydrogen-bond acceptors (Lipinski definition) is 8. The van der Waals surface area contributed by atoms with Crippen LogP contribution >= 0.6 is 22.9 Å². The van der Waals surface area contributed by atoms with Gasteiger partial charge in [0.25, 0.3) is 12.3 Å². The number of alkyl halides is 2. The van der Waals surface area contributed by atoms with Crippen LogP contribution < -0.4 is 10.5 Å². The molecule has 0 radical (unpaired) electrons. The molecule has 2 N–H and O–H groups in total. The minimum Gasteiger partial charge on any atom is -0.491 e. The van der Waals surface area contributed by atoms with Crippen molar-refractivity contribution in [3.05, 3.63) is 58.1 Å². The lowest BCUT2D eigenvalue weighted by Crippen LogP contribution is -2.40. The second-order valence-corrected chi connectivity index (χ2v) is 10.7. The van der Waals surface area contributed by atoms with E-state index in [0.717, 1.165) is 29.8 Å². The number of thiophene rings is 1. The molecule has 2 aromatic heterocycles. The van der Waals surface area contributed by atoms with Crippen LogP contribution in [-0.2, 0) is 0 Å². The SMILES string of the molecule is N#Cc1c(N)sc2c(F)ccc(-c3c(F)cc4c(c3Cl)OCCC3CN(C(=O)n5cnc(C(F)F)n5)CN3C4=O)c12. The van der Waals surface area contributed by atoms with Crippen molar-refractivity contribution in [2.45, 2.75) is 18.9 Å². The highest BCUT2D eigenvalue weighted by Crippen LogP contribution is 2.47. The minimum absolute atomic E-state index is 0.0286. The molecule has 1 unspecified atom stereocenters. The second-order valence-electron chi connectivity index (χ2n) is 9.24. The summed E-state index contributed by atoms with van der Waals surface area (Å²) in [5, 5.41) is 13.0. The van der Waals surface area contributed by atoms with Crippen molar-refractivity contribution in [3.63, 3.8) is 0 Å². The number of nitrogen functional groups attached to an aromatic ring is 1. The number of carbonyl (C=O) groups is 2. The Morgan fingerprint density at radius 3 is 2.76 bits per heavy atom. The number of amides is 2. The molecule has 0 bridgehead atoms. The Kier molecular flexibility index (Phi) is 6.46. The molecule has 0 spiro atoms. The molecule has 6 rings (SSSR count). The zero-order chi connectivity index (χ0) is 29.2. The fourth-order valence-electron chi connectivity index (χ4n) is 5.05. The van der Waals surface area contributed by atoms with Crippen LogP contribution in [0.15, 0.2) is 24.5 Å². The molecule has 16 heteroatoms. The van der Waals surface area contributed by atoms with Crippen LogP contribution in [0.5, 0.6) is 5.75 Å². The molecule has 41 heavy (non-hydrogen) atoms. The van der Waals surface area contributed by atoms with Crippen molar-refractivity contribution in [1.29, 1.82) is 5.26 Å². The average Bonchev–Trinajstić information content (AvgIpc) is 3.67. The summed E-state index contributed by atoms with van der Waals surface area (Å²) in [5.74, 6) is -3.19. The summed E-state index contributed by atoms with van der Waals surface area (Å²) >= 11 is 7.49. The van der Waals surface area contributed by atoms with Gasteiger partial charge in [-0.15, -0.1) is 16.4 Å². The predicted octanol–water partition coefficient (Wildman–Crippen LogP) is 5.02. The van der Waals surface area contributed by atoms with Crippen molar-refractivity contribution < 1.29 is 31.9 Å². The summed E-state index contributed by atoms with van der Waals surface area (Å²) in [7, 11) is 0. The molecule has 2 aromatic carbocycles. The third-order valence-corrected chi connectivity index (χ3v) is 8.32. The lowest BCUT2D eigenvalue weighted by atomic mass is 9.96. The van der Waals surface area contributed by atoms with Crippen LogP contribution in [0, 0.1) is 23.0 Å². The molecule has 1 saturated heterocycles. The zero-order valence-corrected chi connectivity index (χ0v) is 22.1. The molecule has 4 aromatic rings. The smallest absolute Gasteiger partial charge is 0.347 e. The third kappa shape index (κ3) is 4.21. The van der Waals surface area contributed by atoms with Gasteiger partial charge in [-0.2, -0.15) is 9.94 Å². The summed E-state index contributed by atoms with van der Waals surface area (Å²) in [5.41, 5.74) is 5.57. The molecule has 0 saturated carbocycles. The Bertz CT molecular complexity index is 1800. The van der Waals surface area contributed by atoms with Crippen LogP contribution in [0.4, 0.5) is 27.4 Å². The molecule has 2 aliphatic rings. The van der Waals surface area contributed by atoms with E-state index < -0.39 is 41.9 Å². The summed E-state index contributed by atoms with van der Waals surface area (Å²) in [6.07, 6.45) is -1.84. The number of hydrogen-bond donors (Lipinski definition) is 1. The summed E-state index contributed by atoms with van der Waals surface area (Å²) < 4.78 is 62.6. The summed E-state index contributed by atoms with van der Waals surface area (Å²) in [4.78, 5) is 32.5. The first kappa shape index (κ1) is 26.8. The molecule has 0 aliphatic carbocycles. The van der Waals surface area contributed by atoms with Gasteiger partial charge in [0.1, 0.15) is 29.0 Å². The Hall–Kier alpha value is -4.42. The highest BCUT2D eigenvalue weighted by Gasteiger charge is 2.40. The van der Waals surface area contributed by atoms with E-state index in [4.69, 9.17) is 22.1 Å². The van der Waals surface area contributed by atoms with Gasteiger partial charge in [-0.1, -0.05) is 17.7 Å². The number of nitrogens with two attached hydrogens (primary N) is 1. The monoisotopic (exact) mass is 605 g/mol. The van der Waals surface area contributed by atoms with Gasteiger partial charge in [0.2, 0.25) is 5.82 Å². The fraction of sp³-hybridized carbons (Fsp3) is 0.240. The lowest BCUT2D eigenvalue weighted by molar-refractivity contribution is 0.0685. The second kappa shape index (κ2) is 9.89. The van der Waals surface area contributed by atoms with Crippen molar-refractivity contribution in [3.8, 4) is 22.9 Å². The van der Waals surface area contributed by atoms with Crippen LogP contribution in [0.25, 0.3) is 21.2 Å². The fourth-order valence-corrected chi connectivity index (χ4v) is 6.34. The normalized spacial score (nSPS) is 16.8. The van der Waals surface area contributed by atoms with E-state index in [1.807, 2.05) is 6.07 Å². The maximum absolute atomic E-state index is 15.8. The van der Waals surface area contributed by atoms with Gasteiger partial charge in [-0.3, -0.25) is 4.79 Å². The van der Waals surface area contributed by atoms with Crippen molar-refractivity contribution in [1.82, 2.24) is 24.6 Å². The standard InChI is InChI=1S/C25H16ClF4N7O3S/c26-18-17(11-1-2-14(27)20-16(11)13(6-31)22(32)41-20)15(28)5-12-19(18)40-4-3-10-7-35(9-36(10)24(12)38)25(39)37-8-33-23(34-37)21(29)30/h1-2,5,8,10,21H,3-4,7,9,32H2. The van der Waals surface area contributed by atoms with Gasteiger partial charge in [-0.05, 0) is 17.7 Å². The van der Waals surface area contributed by atoms with Gasteiger partial charge < -0.3 is 20.3 Å². The van der Waals surface area contributed by atoms with E-state index in [0.29, 0.717) is 4.68 Å². The largest absolute Gasteiger partial charge is 0.491 e. The Morgan fingerprint density at radius 1 is 1.27 bits per heavy atom. The van der Waals surface area contributed by atoms with E-state index in [-0.39, 0.29) is 74.4 Å². The molecule has 10 nitrogen and oxygen atoms in total. The number of aromatic nitrogens is 3. The molecular weight excluding hydrogens is 590 g/mol. The highest BCUT2D eigenvalue weighted by atomic mass is 35.5. The third-order valence-electron chi connectivity index (χ3n) is 6.93. The van der Waals surface area contributed by atoms with Crippen molar-refractivity contribution in [2.24, 2.45) is 0 Å². The lowest BCUT2D eigenvalue weighted by Gasteiger charge is -2.28. The summed E-state index contributed by atoms with van der Waals surface area (Å²) in [6.45, 7) is -0.156. The van der Waals surface area contributed by atoms with Gasteiger partial charge in [0, 0.05) is 23.9 Å².